The molecule has 1 amide bonds. The van der Waals surface area contributed by atoms with Gasteiger partial charge < -0.3 is 11.1 Å². The molecule has 0 bridgehead atoms. The first-order valence-corrected chi connectivity index (χ1v) is 4.74. The van der Waals surface area contributed by atoms with Crippen LogP contribution in [0.1, 0.15) is 13.8 Å². The molecule has 1 aromatic rings. The molecule has 3 N–H and O–H groups in total. The van der Waals surface area contributed by atoms with Gasteiger partial charge in [0, 0.05) is 0 Å². The molecule has 1 rings (SSSR count). The minimum Gasteiger partial charge on any atom is -0.322 e. The van der Waals surface area contributed by atoms with Crippen molar-refractivity contribution < 1.29 is 9.18 Å². The molecule has 1 aromatic carbocycles. The first-order chi connectivity index (χ1) is 6.82. The van der Waals surface area contributed by atoms with Gasteiger partial charge in [0.1, 0.15) is 0 Å². The van der Waals surface area contributed by atoms with Crippen LogP contribution in [0.2, 0.25) is 5.02 Å². The van der Waals surface area contributed by atoms with Crippen molar-refractivity contribution in [2.24, 2.45) is 5.73 Å². The molecule has 3 nitrogen and oxygen atoms in total. The Morgan fingerprint density at radius 3 is 2.67 bits per heavy atom. The normalized spacial score (nSPS) is 11.3. The second-order valence-corrected chi connectivity index (χ2v) is 4.18. The molecule has 0 aliphatic heterocycles. The average Bonchev–Trinajstić information content (AvgIpc) is 2.11. The van der Waals surface area contributed by atoms with Crippen LogP contribution in [0.25, 0.3) is 0 Å². The number of carbonyl (C=O) groups excluding carboxylic acids is 1. The summed E-state index contributed by atoms with van der Waals surface area (Å²) >= 11 is 5.55. The van der Waals surface area contributed by atoms with E-state index in [0.717, 1.165) is 0 Å². The minimum atomic E-state index is -1.06. The Labute approximate surface area is 92.4 Å². The van der Waals surface area contributed by atoms with Crippen molar-refractivity contribution in [1.82, 2.24) is 0 Å². The summed E-state index contributed by atoms with van der Waals surface area (Å²) in [6.07, 6.45) is 0. The van der Waals surface area contributed by atoms with Crippen LogP contribution in [-0.2, 0) is 4.79 Å². The number of rotatable bonds is 2. The largest absolute Gasteiger partial charge is 0.322 e. The fourth-order valence-corrected chi connectivity index (χ4v) is 1.06. The van der Waals surface area contributed by atoms with E-state index in [4.69, 9.17) is 17.3 Å². The minimum absolute atomic E-state index is 0.0334. The van der Waals surface area contributed by atoms with Gasteiger partial charge in [0.05, 0.1) is 16.2 Å². The van der Waals surface area contributed by atoms with Gasteiger partial charge in [-0.15, -0.1) is 0 Å². The Bertz CT molecular complexity index is 387. The molecule has 5 heteroatoms. The van der Waals surface area contributed by atoms with E-state index in [9.17, 15) is 9.18 Å². The van der Waals surface area contributed by atoms with Crippen molar-refractivity contribution in [3.05, 3.63) is 29.0 Å². The van der Waals surface area contributed by atoms with Crippen LogP contribution in [0.3, 0.4) is 0 Å². The quantitative estimate of drug-likeness (QED) is 0.818. The monoisotopic (exact) mass is 230 g/mol. The van der Waals surface area contributed by atoms with Crippen molar-refractivity contribution in [3.63, 3.8) is 0 Å². The molecule has 0 atom stereocenters. The summed E-state index contributed by atoms with van der Waals surface area (Å²) < 4.78 is 13.4. The Hall–Kier alpha value is -1.13. The van der Waals surface area contributed by atoms with E-state index in [0.29, 0.717) is 0 Å². The molecule has 15 heavy (non-hydrogen) atoms. The van der Waals surface area contributed by atoms with Crippen molar-refractivity contribution in [2.75, 3.05) is 5.32 Å². The molecule has 0 aliphatic carbocycles. The highest BCUT2D eigenvalue weighted by atomic mass is 35.5. The summed E-state index contributed by atoms with van der Waals surface area (Å²) in [7, 11) is 0. The van der Waals surface area contributed by atoms with Crippen molar-refractivity contribution in [2.45, 2.75) is 19.4 Å². The maximum Gasteiger partial charge on any atom is 0.243 e. The smallest absolute Gasteiger partial charge is 0.243 e. The van der Waals surface area contributed by atoms with Gasteiger partial charge >= 0.3 is 0 Å². The number of benzene rings is 1. The lowest BCUT2D eigenvalue weighted by atomic mass is 10.1. The highest BCUT2D eigenvalue weighted by Crippen LogP contribution is 2.22. The molecule has 0 saturated heterocycles. The molecular formula is C10H12ClFN2O. The third-order valence-electron chi connectivity index (χ3n) is 1.79. The molecule has 0 saturated carbocycles. The van der Waals surface area contributed by atoms with Gasteiger partial charge in [0.2, 0.25) is 5.91 Å². The topological polar surface area (TPSA) is 55.1 Å². The van der Waals surface area contributed by atoms with Crippen molar-refractivity contribution >= 4 is 23.2 Å². The van der Waals surface area contributed by atoms with Crippen LogP contribution in [0.4, 0.5) is 10.1 Å². The van der Waals surface area contributed by atoms with Crippen LogP contribution in [0.15, 0.2) is 18.2 Å². The van der Waals surface area contributed by atoms with Gasteiger partial charge in [0.15, 0.2) is 5.82 Å². The number of anilines is 1. The average molecular weight is 231 g/mol. The zero-order valence-corrected chi connectivity index (χ0v) is 9.23. The Morgan fingerprint density at radius 1 is 1.53 bits per heavy atom. The van der Waals surface area contributed by atoms with Gasteiger partial charge in [-0.3, -0.25) is 4.79 Å². The number of hydrogen-bond donors (Lipinski definition) is 2. The lowest BCUT2D eigenvalue weighted by molar-refractivity contribution is -0.120. The number of halogens is 2. The second kappa shape index (κ2) is 4.16. The lowest BCUT2D eigenvalue weighted by Gasteiger charge is -2.18. The number of hydrogen-bond acceptors (Lipinski definition) is 2. The molecule has 0 aromatic heterocycles. The summed E-state index contributed by atoms with van der Waals surface area (Å²) in [6, 6.07) is 4.37. The maximum absolute atomic E-state index is 13.4. The van der Waals surface area contributed by atoms with E-state index < -0.39 is 17.3 Å². The van der Waals surface area contributed by atoms with E-state index >= 15 is 0 Å². The highest BCUT2D eigenvalue weighted by molar-refractivity contribution is 6.31. The predicted molar refractivity (Wildman–Crippen MR) is 58.3 cm³/mol. The molecule has 0 radical (unpaired) electrons. The van der Waals surface area contributed by atoms with Gasteiger partial charge in [-0.1, -0.05) is 17.7 Å². The summed E-state index contributed by atoms with van der Waals surface area (Å²) in [6.45, 7) is 3.07. The van der Waals surface area contributed by atoms with E-state index in [1.165, 1.54) is 26.0 Å². The van der Waals surface area contributed by atoms with Gasteiger partial charge in [0.25, 0.3) is 0 Å². The number of nitrogens with one attached hydrogen (secondary N) is 1. The maximum atomic E-state index is 13.4. The molecule has 0 unspecified atom stereocenters. The first-order valence-electron chi connectivity index (χ1n) is 4.36. The molecule has 0 heterocycles. The van der Waals surface area contributed by atoms with Crippen LogP contribution < -0.4 is 11.1 Å². The third-order valence-corrected chi connectivity index (χ3v) is 2.08. The summed E-state index contributed by atoms with van der Waals surface area (Å²) in [5.74, 6) is -1.12. The van der Waals surface area contributed by atoms with Crippen LogP contribution in [-0.4, -0.2) is 11.4 Å². The van der Waals surface area contributed by atoms with Crippen molar-refractivity contribution in [1.29, 1.82) is 0 Å². The predicted octanol–water partition coefficient (Wildman–Crippen LogP) is 2.15. The molecule has 0 aliphatic rings. The molecule has 0 fully saturated rings. The SMILES string of the molecule is CC(C)(N)C(=O)Nc1cccc(Cl)c1F. The fourth-order valence-electron chi connectivity index (χ4n) is 0.884. The summed E-state index contributed by atoms with van der Waals surface area (Å²) in [4.78, 5) is 11.5. The van der Waals surface area contributed by atoms with E-state index in [1.54, 1.807) is 6.07 Å². The zero-order chi connectivity index (χ0) is 11.6. The number of amides is 1. The van der Waals surface area contributed by atoms with Gasteiger partial charge in [-0.2, -0.15) is 0 Å². The Balaban J connectivity index is 2.91. The van der Waals surface area contributed by atoms with Gasteiger partial charge in [-0.05, 0) is 26.0 Å². The highest BCUT2D eigenvalue weighted by Gasteiger charge is 2.23. The third kappa shape index (κ3) is 2.91. The summed E-state index contributed by atoms with van der Waals surface area (Å²) in [5.41, 5.74) is 4.52. The number of nitrogens with two attached hydrogens (primary N) is 1. The van der Waals surface area contributed by atoms with Gasteiger partial charge in [-0.25, -0.2) is 4.39 Å². The Morgan fingerprint density at radius 2 is 2.13 bits per heavy atom. The molecule has 82 valence electrons. The van der Waals surface area contributed by atoms with Crippen LogP contribution in [0, 0.1) is 5.82 Å². The van der Waals surface area contributed by atoms with E-state index in [1.807, 2.05) is 0 Å². The van der Waals surface area contributed by atoms with E-state index in [2.05, 4.69) is 5.32 Å². The standard InChI is InChI=1S/C10H12ClFN2O/c1-10(2,13)9(15)14-7-5-3-4-6(11)8(7)12/h3-5H,13H2,1-2H3,(H,14,15). The lowest BCUT2D eigenvalue weighted by Crippen LogP contribution is -2.45. The fraction of sp³-hybridized carbons (Fsp3) is 0.300. The zero-order valence-electron chi connectivity index (χ0n) is 8.47. The second-order valence-electron chi connectivity index (χ2n) is 3.78. The molecule has 0 spiro atoms. The van der Waals surface area contributed by atoms with Crippen LogP contribution >= 0.6 is 11.6 Å². The first kappa shape index (κ1) is 11.9. The van der Waals surface area contributed by atoms with E-state index in [-0.39, 0.29) is 10.7 Å². The molecular weight excluding hydrogens is 219 g/mol. The number of carbonyl (C=O) groups is 1. The summed E-state index contributed by atoms with van der Waals surface area (Å²) in [5, 5.41) is 2.33. The van der Waals surface area contributed by atoms with Crippen LogP contribution in [0.5, 0.6) is 0 Å². The Kier molecular flexibility index (Phi) is 3.31. The van der Waals surface area contributed by atoms with Crippen molar-refractivity contribution in [3.8, 4) is 0 Å².